The molecule has 0 saturated carbocycles. The van der Waals surface area contributed by atoms with Crippen LogP contribution in [0.15, 0.2) is 30.4 Å². The van der Waals surface area contributed by atoms with Gasteiger partial charge in [0.15, 0.2) is 0 Å². The Balaban J connectivity index is 3.15. The molecular formula is C8H11. The van der Waals surface area contributed by atoms with Gasteiger partial charge in [-0.05, 0) is 13.3 Å². The maximum Gasteiger partial charge on any atom is -0.0166 e. The summed E-state index contributed by atoms with van der Waals surface area (Å²) in [6.45, 7) is 7.07. The van der Waals surface area contributed by atoms with Crippen LogP contribution in [-0.4, -0.2) is 0 Å². The van der Waals surface area contributed by atoms with Crippen molar-refractivity contribution in [2.24, 2.45) is 0 Å². The minimum atomic E-state index is 0.976. The summed E-state index contributed by atoms with van der Waals surface area (Å²) >= 11 is 0. The Kier molecular flexibility index (Phi) is 5.61. The first-order chi connectivity index (χ1) is 3.91. The summed E-state index contributed by atoms with van der Waals surface area (Å²) in [4.78, 5) is 0. The Morgan fingerprint density at radius 2 is 2.12 bits per heavy atom. The second kappa shape index (κ2) is 6.22. The zero-order chi connectivity index (χ0) is 6.24. The van der Waals surface area contributed by atoms with E-state index < -0.39 is 0 Å². The molecule has 0 aromatic rings. The van der Waals surface area contributed by atoms with Crippen molar-refractivity contribution in [1.82, 2.24) is 0 Å². The average molecular weight is 107 g/mol. The molecule has 0 unspecified atom stereocenters. The van der Waals surface area contributed by atoms with Crippen LogP contribution in [0, 0.1) is 6.58 Å². The zero-order valence-electron chi connectivity index (χ0n) is 5.17. The molecule has 1 radical (unpaired) electrons. The van der Waals surface area contributed by atoms with Crippen LogP contribution in [0.25, 0.3) is 0 Å². The zero-order valence-corrected chi connectivity index (χ0v) is 5.17. The van der Waals surface area contributed by atoms with Gasteiger partial charge in [0.25, 0.3) is 0 Å². The molecule has 43 valence electrons. The van der Waals surface area contributed by atoms with Crippen molar-refractivity contribution in [1.29, 1.82) is 0 Å². The molecular weight excluding hydrogens is 96.1 g/mol. The Morgan fingerprint density at radius 3 is 2.62 bits per heavy atom. The molecule has 8 heavy (non-hydrogen) atoms. The van der Waals surface area contributed by atoms with Crippen LogP contribution in [0.4, 0.5) is 0 Å². The Morgan fingerprint density at radius 1 is 1.38 bits per heavy atom. The van der Waals surface area contributed by atoms with Crippen molar-refractivity contribution >= 4 is 0 Å². The van der Waals surface area contributed by atoms with Crippen molar-refractivity contribution < 1.29 is 0 Å². The van der Waals surface area contributed by atoms with Gasteiger partial charge in [-0.25, -0.2) is 0 Å². The maximum absolute atomic E-state index is 5.07. The minimum Gasteiger partial charge on any atom is -0.0914 e. The molecule has 0 rings (SSSR count). The fraction of sp³-hybridized carbons (Fsp3) is 0.250. The van der Waals surface area contributed by atoms with Crippen LogP contribution in [0.2, 0.25) is 0 Å². The Bertz CT molecular complexity index is 96.6. The molecule has 0 aliphatic heterocycles. The molecule has 0 bridgehead atoms. The molecule has 0 nitrogen and oxygen atoms in total. The average Bonchev–Trinajstić information content (AvgIpc) is 1.81. The molecule has 0 atom stereocenters. The third-order valence-electron chi connectivity index (χ3n) is 0.755. The van der Waals surface area contributed by atoms with Crippen LogP contribution in [0.3, 0.4) is 0 Å². The highest BCUT2D eigenvalue weighted by Crippen LogP contribution is 1.84. The normalized spacial score (nSPS) is 11.1. The van der Waals surface area contributed by atoms with Gasteiger partial charge in [0.1, 0.15) is 0 Å². The third kappa shape index (κ3) is 5.22. The topological polar surface area (TPSA) is 0 Å². The summed E-state index contributed by atoms with van der Waals surface area (Å²) in [5.74, 6) is 0. The van der Waals surface area contributed by atoms with Crippen molar-refractivity contribution in [3.8, 4) is 0 Å². The summed E-state index contributed by atoms with van der Waals surface area (Å²) < 4.78 is 0. The van der Waals surface area contributed by atoms with Gasteiger partial charge >= 0.3 is 0 Å². The van der Waals surface area contributed by atoms with E-state index in [1.54, 1.807) is 0 Å². The number of hydrogen-bond donors (Lipinski definition) is 0. The van der Waals surface area contributed by atoms with E-state index in [4.69, 9.17) is 6.58 Å². The van der Waals surface area contributed by atoms with Crippen LogP contribution in [0.1, 0.15) is 13.3 Å². The second-order valence-electron chi connectivity index (χ2n) is 1.43. The fourth-order valence-electron chi connectivity index (χ4n) is 0.372. The molecule has 0 heterocycles. The third-order valence-corrected chi connectivity index (χ3v) is 0.755. The maximum atomic E-state index is 5.07. The summed E-state index contributed by atoms with van der Waals surface area (Å²) in [5, 5.41) is 0. The lowest BCUT2D eigenvalue weighted by atomic mass is 10.3. The first kappa shape index (κ1) is 7.22. The highest BCUT2D eigenvalue weighted by Gasteiger charge is 1.63. The predicted molar refractivity (Wildman–Crippen MR) is 37.4 cm³/mol. The largest absolute Gasteiger partial charge is 0.0914 e. The van der Waals surface area contributed by atoms with Crippen LogP contribution in [-0.2, 0) is 0 Å². The van der Waals surface area contributed by atoms with Gasteiger partial charge < -0.3 is 0 Å². The van der Waals surface area contributed by atoms with E-state index in [-0.39, 0.29) is 0 Å². The van der Waals surface area contributed by atoms with Crippen LogP contribution >= 0.6 is 0 Å². The first-order valence-electron chi connectivity index (χ1n) is 2.73. The molecule has 0 fully saturated rings. The molecule has 0 aliphatic rings. The Hall–Kier alpha value is -0.780. The molecule has 0 aromatic heterocycles. The van der Waals surface area contributed by atoms with Crippen molar-refractivity contribution in [3.63, 3.8) is 0 Å². The summed E-state index contributed by atoms with van der Waals surface area (Å²) in [7, 11) is 0. The van der Waals surface area contributed by atoms with Crippen molar-refractivity contribution in [2.45, 2.75) is 13.3 Å². The van der Waals surface area contributed by atoms with E-state index >= 15 is 0 Å². The molecule has 0 amide bonds. The van der Waals surface area contributed by atoms with Gasteiger partial charge in [0.05, 0.1) is 0 Å². The van der Waals surface area contributed by atoms with Gasteiger partial charge in [-0.3, -0.25) is 0 Å². The Labute approximate surface area is 51.2 Å². The predicted octanol–water partition coefficient (Wildman–Crippen LogP) is 2.50. The van der Waals surface area contributed by atoms with Gasteiger partial charge in [-0.2, -0.15) is 0 Å². The van der Waals surface area contributed by atoms with Crippen LogP contribution < -0.4 is 0 Å². The quantitative estimate of drug-likeness (QED) is 0.384. The van der Waals surface area contributed by atoms with E-state index in [2.05, 4.69) is 6.08 Å². The number of allylic oxidation sites excluding steroid dienone is 5. The van der Waals surface area contributed by atoms with E-state index in [1.807, 2.05) is 25.2 Å². The molecule has 0 heteroatoms. The summed E-state index contributed by atoms with van der Waals surface area (Å²) in [5.41, 5.74) is 0. The molecule has 0 aliphatic carbocycles. The SMILES string of the molecule is [CH]=CC=CCC=CC. The van der Waals surface area contributed by atoms with Crippen molar-refractivity contribution in [2.75, 3.05) is 0 Å². The smallest absolute Gasteiger partial charge is 0.0166 e. The highest BCUT2D eigenvalue weighted by atomic mass is 13.7. The second-order valence-corrected chi connectivity index (χ2v) is 1.43. The van der Waals surface area contributed by atoms with E-state index in [1.165, 1.54) is 6.08 Å². The fourth-order valence-corrected chi connectivity index (χ4v) is 0.372. The lowest BCUT2D eigenvalue weighted by molar-refractivity contribution is 1.38. The minimum absolute atomic E-state index is 0.976. The van der Waals surface area contributed by atoms with Gasteiger partial charge in [-0.15, -0.1) is 0 Å². The van der Waals surface area contributed by atoms with Gasteiger partial charge in [0, 0.05) is 0 Å². The van der Waals surface area contributed by atoms with E-state index in [0.717, 1.165) is 6.42 Å². The lowest BCUT2D eigenvalue weighted by Gasteiger charge is -1.74. The number of hydrogen-bond acceptors (Lipinski definition) is 0. The van der Waals surface area contributed by atoms with Gasteiger partial charge in [0.2, 0.25) is 0 Å². The summed E-state index contributed by atoms with van der Waals surface area (Å²) in [6, 6.07) is 0. The van der Waals surface area contributed by atoms with E-state index in [0.29, 0.717) is 0 Å². The molecule has 0 saturated heterocycles. The molecule has 0 spiro atoms. The summed E-state index contributed by atoms with van der Waals surface area (Å²) in [6.07, 6.45) is 10.4. The highest BCUT2D eigenvalue weighted by molar-refractivity contribution is 4.99. The van der Waals surface area contributed by atoms with Crippen LogP contribution in [0.5, 0.6) is 0 Å². The molecule has 0 aromatic carbocycles. The van der Waals surface area contributed by atoms with Gasteiger partial charge in [-0.1, -0.05) is 37.0 Å². The van der Waals surface area contributed by atoms with E-state index in [9.17, 15) is 0 Å². The van der Waals surface area contributed by atoms with Crippen molar-refractivity contribution in [3.05, 3.63) is 37.0 Å². The molecule has 0 N–H and O–H groups in total. The number of rotatable bonds is 3. The monoisotopic (exact) mass is 107 g/mol. The standard InChI is InChI=1S/C8H11/c1-3-5-7-8-6-4-2/h1,3-7H,8H2,2H3. The lowest BCUT2D eigenvalue weighted by Crippen LogP contribution is -1.53. The first-order valence-corrected chi connectivity index (χ1v) is 2.73.